The first-order valence-electron chi connectivity index (χ1n) is 12.4. The molecule has 2 amide bonds. The molecule has 6 nitrogen and oxygen atoms in total. The van der Waals surface area contributed by atoms with Crippen molar-refractivity contribution in [1.82, 2.24) is 10.2 Å². The molecule has 1 fully saturated rings. The van der Waals surface area contributed by atoms with E-state index in [1.54, 1.807) is 4.90 Å². The van der Waals surface area contributed by atoms with Crippen molar-refractivity contribution in [3.63, 3.8) is 0 Å². The summed E-state index contributed by atoms with van der Waals surface area (Å²) < 4.78 is 12.6. The van der Waals surface area contributed by atoms with Crippen molar-refractivity contribution in [2.75, 3.05) is 26.3 Å². The molecule has 9 heteroatoms. The third-order valence-electron chi connectivity index (χ3n) is 6.20. The van der Waals surface area contributed by atoms with Crippen LogP contribution in [0.15, 0.2) is 48.5 Å². The first-order chi connectivity index (χ1) is 17.6. The molecule has 37 heavy (non-hydrogen) atoms. The Labute approximate surface area is 231 Å². The average Bonchev–Trinajstić information content (AvgIpc) is 3.26. The molecule has 1 saturated heterocycles. The fourth-order valence-electron chi connectivity index (χ4n) is 4.27. The van der Waals surface area contributed by atoms with Crippen molar-refractivity contribution in [1.29, 1.82) is 0 Å². The van der Waals surface area contributed by atoms with Crippen molar-refractivity contribution < 1.29 is 19.1 Å². The lowest BCUT2D eigenvalue weighted by molar-refractivity contribution is 0.0105. The van der Waals surface area contributed by atoms with Gasteiger partial charge in [0.1, 0.15) is 5.60 Å². The standard InChI is InChI=1S/C28H32Cl2N2O4S/c1-28(2,3)36-27(34)32-12-10-18(11-13-32)16-35-17-23(21-6-4-5-7-22(21)30)31-26(33)25-14-19-8-9-20(29)15-24(19)37-25/h4-9,14-15,18,23H,10-13,16-17H2,1-3H3,(H,31,33). The zero-order valence-corrected chi connectivity index (χ0v) is 23.6. The second-order valence-corrected chi connectivity index (χ2v) is 12.2. The Balaban J connectivity index is 1.35. The number of thiophene rings is 1. The molecule has 2 heterocycles. The summed E-state index contributed by atoms with van der Waals surface area (Å²) in [6.07, 6.45) is 1.41. The van der Waals surface area contributed by atoms with E-state index in [9.17, 15) is 9.59 Å². The number of rotatable bonds is 7. The molecule has 0 aliphatic carbocycles. The number of ether oxygens (including phenoxy) is 2. The minimum Gasteiger partial charge on any atom is -0.444 e. The topological polar surface area (TPSA) is 67.9 Å². The van der Waals surface area contributed by atoms with Crippen molar-refractivity contribution in [3.8, 4) is 0 Å². The third kappa shape index (κ3) is 7.60. The van der Waals surface area contributed by atoms with E-state index >= 15 is 0 Å². The fourth-order valence-corrected chi connectivity index (χ4v) is 5.78. The van der Waals surface area contributed by atoms with E-state index in [-0.39, 0.29) is 12.0 Å². The molecule has 198 valence electrons. The maximum Gasteiger partial charge on any atom is 0.410 e. The maximum atomic E-state index is 13.2. The number of fused-ring (bicyclic) bond motifs is 1. The smallest absolute Gasteiger partial charge is 0.410 e. The van der Waals surface area contributed by atoms with Crippen LogP contribution in [0, 0.1) is 5.92 Å². The van der Waals surface area contributed by atoms with Gasteiger partial charge in [-0.2, -0.15) is 0 Å². The van der Waals surface area contributed by atoms with Gasteiger partial charge in [-0.3, -0.25) is 4.79 Å². The van der Waals surface area contributed by atoms with E-state index in [0.29, 0.717) is 47.1 Å². The molecule has 3 aromatic rings. The third-order valence-corrected chi connectivity index (χ3v) is 7.87. The number of hydrogen-bond acceptors (Lipinski definition) is 5. The molecule has 1 atom stereocenters. The Morgan fingerprint density at radius 3 is 2.54 bits per heavy atom. The zero-order chi connectivity index (χ0) is 26.6. The number of benzene rings is 2. The van der Waals surface area contributed by atoms with Crippen molar-refractivity contribution in [3.05, 3.63) is 69.0 Å². The van der Waals surface area contributed by atoms with Crippen LogP contribution < -0.4 is 5.32 Å². The number of hydrogen-bond donors (Lipinski definition) is 1. The summed E-state index contributed by atoms with van der Waals surface area (Å²) in [5, 5.41) is 5.30. The van der Waals surface area contributed by atoms with E-state index < -0.39 is 11.6 Å². The summed E-state index contributed by atoms with van der Waals surface area (Å²) in [4.78, 5) is 27.9. The summed E-state index contributed by atoms with van der Waals surface area (Å²) >= 11 is 14.0. The van der Waals surface area contributed by atoms with Gasteiger partial charge in [-0.15, -0.1) is 11.3 Å². The van der Waals surface area contributed by atoms with Crippen LogP contribution in [0.5, 0.6) is 0 Å². The van der Waals surface area contributed by atoms with E-state index in [1.807, 2.05) is 69.3 Å². The molecule has 1 aliphatic heterocycles. The van der Waals surface area contributed by atoms with Crippen LogP contribution in [0.1, 0.15) is 54.9 Å². The van der Waals surface area contributed by atoms with Crippen molar-refractivity contribution in [2.45, 2.75) is 45.3 Å². The van der Waals surface area contributed by atoms with Crippen molar-refractivity contribution in [2.24, 2.45) is 5.92 Å². The van der Waals surface area contributed by atoms with E-state index in [4.69, 9.17) is 32.7 Å². The molecule has 0 saturated carbocycles. The number of piperidine rings is 1. The second-order valence-electron chi connectivity index (χ2n) is 10.3. The number of amides is 2. The average molecular weight is 564 g/mol. The van der Waals surface area contributed by atoms with Gasteiger partial charge in [0.05, 0.1) is 17.5 Å². The largest absolute Gasteiger partial charge is 0.444 e. The van der Waals surface area contributed by atoms with Crippen LogP contribution in [0.2, 0.25) is 10.0 Å². The number of nitrogens with zero attached hydrogens (tertiary/aromatic N) is 1. The second kappa shape index (κ2) is 12.0. The van der Waals surface area contributed by atoms with Gasteiger partial charge in [-0.25, -0.2) is 4.79 Å². The molecular formula is C28H32Cl2N2O4S. The number of likely N-dealkylation sites (tertiary alicyclic amines) is 1. The predicted octanol–water partition coefficient (Wildman–Crippen LogP) is 7.34. The van der Waals surface area contributed by atoms with Crippen LogP contribution in [0.3, 0.4) is 0 Å². The van der Waals surface area contributed by atoms with E-state index in [2.05, 4.69) is 5.32 Å². The Morgan fingerprint density at radius 1 is 1.11 bits per heavy atom. The first-order valence-corrected chi connectivity index (χ1v) is 14.0. The molecule has 2 aromatic carbocycles. The van der Waals surface area contributed by atoms with Crippen LogP contribution >= 0.6 is 34.5 Å². The van der Waals surface area contributed by atoms with Crippen LogP contribution in [-0.4, -0.2) is 48.8 Å². The quantitative estimate of drug-likeness (QED) is 0.327. The van der Waals surface area contributed by atoms with Gasteiger partial charge < -0.3 is 19.7 Å². The molecule has 1 aromatic heterocycles. The number of carbonyl (C=O) groups excluding carboxylic acids is 2. The van der Waals surface area contributed by atoms with Crippen LogP contribution in [-0.2, 0) is 9.47 Å². The molecular weight excluding hydrogens is 531 g/mol. The Bertz CT molecular complexity index is 1250. The van der Waals surface area contributed by atoms with Crippen LogP contribution in [0.25, 0.3) is 10.1 Å². The van der Waals surface area contributed by atoms with Gasteiger partial charge in [-0.05, 0) is 74.7 Å². The van der Waals surface area contributed by atoms with E-state index in [1.165, 1.54) is 11.3 Å². The summed E-state index contributed by atoms with van der Waals surface area (Å²) in [6.45, 7) is 7.73. The van der Waals surface area contributed by atoms with Crippen molar-refractivity contribution >= 4 is 56.6 Å². The lowest BCUT2D eigenvalue weighted by Gasteiger charge is -2.33. The van der Waals surface area contributed by atoms with Gasteiger partial charge in [0, 0.05) is 34.4 Å². The predicted molar refractivity (Wildman–Crippen MR) is 150 cm³/mol. The van der Waals surface area contributed by atoms with Gasteiger partial charge in [0.2, 0.25) is 0 Å². The molecule has 1 unspecified atom stereocenters. The minimum absolute atomic E-state index is 0.184. The highest BCUT2D eigenvalue weighted by molar-refractivity contribution is 7.20. The summed E-state index contributed by atoms with van der Waals surface area (Å²) in [5.74, 6) is 0.144. The highest BCUT2D eigenvalue weighted by Gasteiger charge is 2.27. The van der Waals surface area contributed by atoms with Gasteiger partial charge >= 0.3 is 6.09 Å². The minimum atomic E-state index is -0.502. The van der Waals surface area contributed by atoms with Gasteiger partial charge in [0.15, 0.2) is 0 Å². The molecule has 0 radical (unpaired) electrons. The van der Waals surface area contributed by atoms with Crippen LogP contribution in [0.4, 0.5) is 4.79 Å². The summed E-state index contributed by atoms with van der Waals surface area (Å²) in [7, 11) is 0. The molecule has 4 rings (SSSR count). The number of nitrogens with one attached hydrogen (secondary N) is 1. The maximum absolute atomic E-state index is 13.2. The fraction of sp³-hybridized carbons (Fsp3) is 0.429. The summed E-state index contributed by atoms with van der Waals surface area (Å²) in [6, 6.07) is 14.5. The Morgan fingerprint density at radius 2 is 1.84 bits per heavy atom. The van der Waals surface area contributed by atoms with Gasteiger partial charge in [0.25, 0.3) is 5.91 Å². The highest BCUT2D eigenvalue weighted by Crippen LogP contribution is 2.30. The normalized spacial score (nSPS) is 15.5. The number of carbonyl (C=O) groups is 2. The monoisotopic (exact) mass is 562 g/mol. The van der Waals surface area contributed by atoms with E-state index in [0.717, 1.165) is 28.5 Å². The SMILES string of the molecule is CC(C)(C)OC(=O)N1CCC(COCC(NC(=O)c2cc3ccc(Cl)cc3s2)c2ccccc2Cl)CC1. The van der Waals surface area contributed by atoms with Gasteiger partial charge in [-0.1, -0.05) is 47.5 Å². The molecule has 1 aliphatic rings. The first kappa shape index (κ1) is 27.7. The Hall–Kier alpha value is -2.32. The molecule has 0 bridgehead atoms. The lowest BCUT2D eigenvalue weighted by atomic mass is 9.98. The molecule has 1 N–H and O–H groups in total. The lowest BCUT2D eigenvalue weighted by Crippen LogP contribution is -2.42. The number of halogens is 2. The zero-order valence-electron chi connectivity index (χ0n) is 21.3. The Kier molecular flexibility index (Phi) is 9.01. The molecule has 0 spiro atoms. The summed E-state index contributed by atoms with van der Waals surface area (Å²) in [5.41, 5.74) is 0.305. The highest BCUT2D eigenvalue weighted by atomic mass is 35.5.